The number of amides is 1. The maximum Gasteiger partial charge on any atom is 0.219 e. The molecule has 2 aliphatic rings. The zero-order valence-corrected chi connectivity index (χ0v) is 17.7. The van der Waals surface area contributed by atoms with Gasteiger partial charge >= 0.3 is 0 Å². The fraction of sp³-hybridized carbons (Fsp3) is 0.810. The summed E-state index contributed by atoms with van der Waals surface area (Å²) in [6, 6.07) is 0.346. The molecule has 27 heavy (non-hydrogen) atoms. The molecule has 6 heteroatoms. The average Bonchev–Trinajstić information content (AvgIpc) is 2.89. The van der Waals surface area contributed by atoms with Crippen molar-refractivity contribution >= 4 is 5.91 Å². The van der Waals surface area contributed by atoms with E-state index < -0.39 is 0 Å². The Hall–Kier alpha value is -1.40. The number of nitrogens with zero attached hydrogens (tertiary/aromatic N) is 5. The first-order valence-corrected chi connectivity index (χ1v) is 10.7. The molecule has 1 amide bonds. The Kier molecular flexibility index (Phi) is 6.93. The van der Waals surface area contributed by atoms with Gasteiger partial charge in [-0.3, -0.25) is 14.4 Å². The van der Waals surface area contributed by atoms with Crippen molar-refractivity contribution in [1.29, 1.82) is 0 Å². The van der Waals surface area contributed by atoms with Crippen molar-refractivity contribution in [2.75, 3.05) is 39.3 Å². The third kappa shape index (κ3) is 5.11. The second kappa shape index (κ2) is 9.20. The molecule has 3 rings (SSSR count). The van der Waals surface area contributed by atoms with Gasteiger partial charge in [0.2, 0.25) is 5.91 Å². The van der Waals surface area contributed by atoms with Gasteiger partial charge in [0.05, 0.1) is 5.69 Å². The monoisotopic (exact) mass is 375 g/mol. The number of hydrogen-bond acceptors (Lipinski definition) is 4. The van der Waals surface area contributed by atoms with Gasteiger partial charge in [-0.25, -0.2) is 0 Å². The maximum absolute atomic E-state index is 12.4. The molecule has 0 bridgehead atoms. The third-order valence-electron chi connectivity index (χ3n) is 6.47. The summed E-state index contributed by atoms with van der Waals surface area (Å²) >= 11 is 0. The van der Waals surface area contributed by atoms with E-state index in [4.69, 9.17) is 0 Å². The van der Waals surface area contributed by atoms with Crippen molar-refractivity contribution in [3.8, 4) is 0 Å². The molecule has 0 aromatic carbocycles. The first-order chi connectivity index (χ1) is 13.0. The quantitative estimate of drug-likeness (QED) is 0.766. The van der Waals surface area contributed by atoms with E-state index in [9.17, 15) is 4.79 Å². The number of hydrogen-bond donors (Lipinski definition) is 0. The lowest BCUT2D eigenvalue weighted by Crippen LogP contribution is -2.51. The Morgan fingerprint density at radius 3 is 2.44 bits per heavy atom. The molecule has 0 saturated carbocycles. The molecule has 0 unspecified atom stereocenters. The highest BCUT2D eigenvalue weighted by Gasteiger charge is 2.28. The summed E-state index contributed by atoms with van der Waals surface area (Å²) in [4.78, 5) is 19.6. The largest absolute Gasteiger partial charge is 0.337 e. The number of aromatic nitrogens is 2. The van der Waals surface area contributed by atoms with Crippen LogP contribution >= 0.6 is 0 Å². The van der Waals surface area contributed by atoms with E-state index >= 15 is 0 Å². The Morgan fingerprint density at radius 2 is 1.81 bits per heavy atom. The van der Waals surface area contributed by atoms with Crippen molar-refractivity contribution < 1.29 is 4.79 Å². The molecule has 1 aromatic heterocycles. The van der Waals surface area contributed by atoms with Crippen LogP contribution in [0.5, 0.6) is 0 Å². The topological polar surface area (TPSA) is 44.6 Å². The summed E-state index contributed by atoms with van der Waals surface area (Å²) in [6.07, 6.45) is 6.26. The lowest BCUT2D eigenvalue weighted by Gasteiger charge is -2.40. The minimum Gasteiger partial charge on any atom is -0.337 e. The lowest BCUT2D eigenvalue weighted by molar-refractivity contribution is -0.132. The highest BCUT2D eigenvalue weighted by molar-refractivity contribution is 5.73. The molecular weight excluding hydrogens is 338 g/mol. The van der Waals surface area contributed by atoms with Gasteiger partial charge in [-0.15, -0.1) is 0 Å². The van der Waals surface area contributed by atoms with Gasteiger partial charge in [0, 0.05) is 57.4 Å². The number of rotatable bonds is 6. The van der Waals surface area contributed by atoms with Crippen molar-refractivity contribution in [2.45, 2.75) is 65.5 Å². The molecule has 2 aliphatic heterocycles. The summed E-state index contributed by atoms with van der Waals surface area (Å²) in [5.74, 6) is 0.229. The zero-order valence-electron chi connectivity index (χ0n) is 17.7. The van der Waals surface area contributed by atoms with E-state index in [0.717, 1.165) is 51.3 Å². The predicted octanol–water partition coefficient (Wildman–Crippen LogP) is 2.34. The molecular formula is C21H37N5O. The van der Waals surface area contributed by atoms with Gasteiger partial charge in [-0.05, 0) is 59.2 Å². The van der Waals surface area contributed by atoms with Crippen molar-refractivity contribution in [3.63, 3.8) is 0 Å². The van der Waals surface area contributed by atoms with Gasteiger partial charge in [-0.1, -0.05) is 6.42 Å². The Morgan fingerprint density at radius 1 is 1.11 bits per heavy atom. The van der Waals surface area contributed by atoms with Crippen LogP contribution in [-0.2, 0) is 18.4 Å². The van der Waals surface area contributed by atoms with Crippen LogP contribution in [0.15, 0.2) is 0 Å². The second-order valence-corrected chi connectivity index (χ2v) is 8.42. The average molecular weight is 376 g/mol. The first-order valence-electron chi connectivity index (χ1n) is 10.7. The van der Waals surface area contributed by atoms with Crippen LogP contribution in [0.3, 0.4) is 0 Å². The van der Waals surface area contributed by atoms with Gasteiger partial charge in [0.15, 0.2) is 0 Å². The molecule has 0 N–H and O–H groups in total. The molecule has 1 aromatic rings. The summed E-state index contributed by atoms with van der Waals surface area (Å²) in [6.45, 7) is 13.3. The van der Waals surface area contributed by atoms with Crippen molar-refractivity contribution in [2.24, 2.45) is 7.05 Å². The fourth-order valence-electron chi connectivity index (χ4n) is 4.73. The van der Waals surface area contributed by atoms with E-state index in [0.29, 0.717) is 6.04 Å². The van der Waals surface area contributed by atoms with Gasteiger partial charge < -0.3 is 9.80 Å². The number of carbonyl (C=O) groups excluding carboxylic acids is 1. The Bertz CT molecular complexity index is 635. The molecule has 0 aliphatic carbocycles. The minimum absolute atomic E-state index is 0.229. The van der Waals surface area contributed by atoms with Crippen LogP contribution in [0.25, 0.3) is 0 Å². The highest BCUT2D eigenvalue weighted by atomic mass is 16.2. The minimum atomic E-state index is 0.229. The van der Waals surface area contributed by atoms with Crippen LogP contribution in [0, 0.1) is 13.8 Å². The molecule has 1 atom stereocenters. The van der Waals surface area contributed by atoms with E-state index in [-0.39, 0.29) is 5.91 Å². The second-order valence-electron chi connectivity index (χ2n) is 8.42. The smallest absolute Gasteiger partial charge is 0.219 e. The maximum atomic E-state index is 12.4. The highest BCUT2D eigenvalue weighted by Crippen LogP contribution is 2.21. The third-order valence-corrected chi connectivity index (χ3v) is 6.47. The normalized spacial score (nSPS) is 22.1. The fourth-order valence-corrected chi connectivity index (χ4v) is 4.73. The molecule has 0 spiro atoms. The first kappa shape index (κ1) is 20.3. The van der Waals surface area contributed by atoms with Crippen LogP contribution in [0.1, 0.15) is 56.0 Å². The van der Waals surface area contributed by atoms with Crippen molar-refractivity contribution in [1.82, 2.24) is 24.5 Å². The summed E-state index contributed by atoms with van der Waals surface area (Å²) < 4.78 is 1.98. The van der Waals surface area contributed by atoms with E-state index in [1.807, 2.05) is 11.7 Å². The van der Waals surface area contributed by atoms with Gasteiger partial charge in [-0.2, -0.15) is 5.10 Å². The van der Waals surface area contributed by atoms with Gasteiger partial charge in [0.1, 0.15) is 0 Å². The molecule has 2 saturated heterocycles. The molecule has 3 heterocycles. The number of carbonyl (C=O) groups is 1. The van der Waals surface area contributed by atoms with Crippen LogP contribution in [0.2, 0.25) is 0 Å². The number of likely N-dealkylation sites (tertiary alicyclic amines) is 2. The Balaban J connectivity index is 1.59. The van der Waals surface area contributed by atoms with Crippen LogP contribution in [-0.4, -0.2) is 75.7 Å². The zero-order chi connectivity index (χ0) is 19.4. The van der Waals surface area contributed by atoms with E-state index in [1.165, 1.54) is 43.6 Å². The Labute approximate surface area is 164 Å². The van der Waals surface area contributed by atoms with Crippen LogP contribution < -0.4 is 0 Å². The molecule has 152 valence electrons. The SMILES string of the molecule is CC(=O)N(CCN1CCCCC1)[C@H]1CCCN(Cc2c(C)nn(C)c2C)C1. The number of aryl methyl sites for hydroxylation is 2. The summed E-state index contributed by atoms with van der Waals surface area (Å²) in [5, 5.41) is 4.56. The standard InChI is InChI=1S/C21H37N5O/c1-17-21(18(2)23(4)22-17)16-25-12-8-9-20(15-25)26(19(3)27)14-13-24-10-6-5-7-11-24/h20H,5-16H2,1-4H3/t20-/m0/s1. The molecule has 6 nitrogen and oxygen atoms in total. The van der Waals surface area contributed by atoms with Gasteiger partial charge in [0.25, 0.3) is 0 Å². The van der Waals surface area contributed by atoms with E-state index in [2.05, 4.69) is 33.6 Å². The summed E-state index contributed by atoms with van der Waals surface area (Å²) in [7, 11) is 2.02. The summed E-state index contributed by atoms with van der Waals surface area (Å²) in [5.41, 5.74) is 3.73. The van der Waals surface area contributed by atoms with Crippen LogP contribution in [0.4, 0.5) is 0 Å². The molecule has 0 radical (unpaired) electrons. The molecule has 2 fully saturated rings. The number of piperidine rings is 2. The predicted molar refractivity (Wildman–Crippen MR) is 109 cm³/mol. The van der Waals surface area contributed by atoms with E-state index in [1.54, 1.807) is 6.92 Å². The lowest BCUT2D eigenvalue weighted by atomic mass is 10.0. The van der Waals surface area contributed by atoms with Crippen molar-refractivity contribution in [3.05, 3.63) is 17.0 Å².